The zero-order chi connectivity index (χ0) is 22.2. The van der Waals surface area contributed by atoms with Crippen LogP contribution in [0.25, 0.3) is 0 Å². The van der Waals surface area contributed by atoms with Crippen LogP contribution in [-0.4, -0.2) is 44.3 Å². The van der Waals surface area contributed by atoms with Gasteiger partial charge in [0, 0.05) is 14.1 Å². The van der Waals surface area contributed by atoms with E-state index in [1.54, 1.807) is 27.1 Å². The Morgan fingerprint density at radius 3 is 2.60 bits per heavy atom. The van der Waals surface area contributed by atoms with E-state index in [2.05, 4.69) is 15.0 Å². The lowest BCUT2D eigenvalue weighted by Gasteiger charge is -2.15. The maximum Gasteiger partial charge on any atom is 0.258 e. The molecule has 1 aliphatic rings. The van der Waals surface area contributed by atoms with Crippen molar-refractivity contribution >= 4 is 27.5 Å². The molecular weight excluding hydrogens is 408 g/mol. The molecule has 1 aliphatic heterocycles. The molecule has 0 fully saturated rings. The molecule has 9 nitrogen and oxygen atoms in total. The van der Waals surface area contributed by atoms with Crippen molar-refractivity contribution in [3.05, 3.63) is 58.0 Å². The Morgan fingerprint density at radius 1 is 1.30 bits per heavy atom. The number of phenols is 1. The summed E-state index contributed by atoms with van der Waals surface area (Å²) in [5.41, 5.74) is 1.39. The minimum atomic E-state index is -3.74. The SMILES string of the molecule is Cc1cc([C@@H](C)N=C2NS(=O)(=O)C=C2Nc2cccc(C(=O)N(C)C)c2O)oc1C. The minimum absolute atomic E-state index is 0.0814. The summed E-state index contributed by atoms with van der Waals surface area (Å²) >= 11 is 0. The van der Waals surface area contributed by atoms with Crippen molar-refractivity contribution in [2.24, 2.45) is 4.99 Å². The molecule has 3 rings (SSSR count). The zero-order valence-electron chi connectivity index (χ0n) is 17.3. The van der Waals surface area contributed by atoms with Gasteiger partial charge in [-0.2, -0.15) is 0 Å². The van der Waals surface area contributed by atoms with E-state index < -0.39 is 16.1 Å². The van der Waals surface area contributed by atoms with E-state index in [0.29, 0.717) is 5.76 Å². The van der Waals surface area contributed by atoms with Gasteiger partial charge in [0.15, 0.2) is 11.6 Å². The molecule has 160 valence electrons. The number of hydrogen-bond acceptors (Lipinski definition) is 7. The molecular formula is C20H24N4O5S. The van der Waals surface area contributed by atoms with Gasteiger partial charge in [-0.3, -0.25) is 14.5 Å². The van der Waals surface area contributed by atoms with Gasteiger partial charge in [0.05, 0.1) is 22.4 Å². The van der Waals surface area contributed by atoms with Crippen molar-refractivity contribution < 1.29 is 22.7 Å². The number of sulfonamides is 1. The standard InChI is InChI=1S/C20H24N4O5S/c1-11-9-17(29-13(11)3)12(2)21-19-16(10-30(27,28)23-19)22-15-8-6-7-14(18(15)25)20(26)24(4)5/h6-10,12,22,25H,1-5H3,(H,21,23)/t12-/m1/s1. The monoisotopic (exact) mass is 432 g/mol. The van der Waals surface area contributed by atoms with Crippen LogP contribution in [0.4, 0.5) is 5.69 Å². The Morgan fingerprint density at radius 2 is 2.00 bits per heavy atom. The number of hydrogen-bond donors (Lipinski definition) is 3. The lowest BCUT2D eigenvalue weighted by atomic mass is 10.1. The number of amides is 1. The number of aryl methyl sites for hydroxylation is 2. The molecule has 2 aromatic rings. The molecule has 30 heavy (non-hydrogen) atoms. The maximum absolute atomic E-state index is 12.2. The fourth-order valence-electron chi connectivity index (χ4n) is 2.88. The highest BCUT2D eigenvalue weighted by molar-refractivity contribution is 7.93. The molecule has 0 aliphatic carbocycles. The van der Waals surface area contributed by atoms with Crippen LogP contribution in [0, 0.1) is 13.8 Å². The van der Waals surface area contributed by atoms with E-state index in [1.807, 2.05) is 19.9 Å². The number of phenolic OH excluding ortho intramolecular Hbond substituents is 1. The number of furan rings is 1. The summed E-state index contributed by atoms with van der Waals surface area (Å²) in [7, 11) is -0.598. The number of anilines is 1. The highest BCUT2D eigenvalue weighted by atomic mass is 32.2. The first kappa shape index (κ1) is 21.4. The Bertz CT molecular complexity index is 1140. The average Bonchev–Trinajstić information content (AvgIpc) is 3.14. The summed E-state index contributed by atoms with van der Waals surface area (Å²) in [6.45, 7) is 5.54. The van der Waals surface area contributed by atoms with Crippen molar-refractivity contribution in [2.75, 3.05) is 19.4 Å². The summed E-state index contributed by atoms with van der Waals surface area (Å²) < 4.78 is 32.3. The summed E-state index contributed by atoms with van der Waals surface area (Å²) in [6, 6.07) is 6.01. The van der Waals surface area contributed by atoms with Crippen molar-refractivity contribution in [3.63, 3.8) is 0 Å². The van der Waals surface area contributed by atoms with Gasteiger partial charge in [-0.05, 0) is 44.5 Å². The van der Waals surface area contributed by atoms with Crippen LogP contribution in [0.15, 0.2) is 44.8 Å². The number of amidine groups is 1. The van der Waals surface area contributed by atoms with Gasteiger partial charge in [-0.1, -0.05) is 6.07 Å². The van der Waals surface area contributed by atoms with Crippen molar-refractivity contribution in [3.8, 4) is 5.75 Å². The first-order chi connectivity index (χ1) is 14.0. The van der Waals surface area contributed by atoms with Gasteiger partial charge in [0.1, 0.15) is 17.6 Å². The number of aromatic hydroxyl groups is 1. The van der Waals surface area contributed by atoms with E-state index in [1.165, 1.54) is 17.0 Å². The molecule has 1 atom stereocenters. The lowest BCUT2D eigenvalue weighted by molar-refractivity contribution is 0.0824. The summed E-state index contributed by atoms with van der Waals surface area (Å²) in [5.74, 6) is 0.784. The Labute approximate surface area is 175 Å². The van der Waals surface area contributed by atoms with Gasteiger partial charge in [0.2, 0.25) is 0 Å². The first-order valence-electron chi connectivity index (χ1n) is 9.19. The van der Waals surface area contributed by atoms with E-state index in [4.69, 9.17) is 4.42 Å². The second-order valence-electron chi connectivity index (χ2n) is 7.25. The topological polar surface area (TPSA) is 124 Å². The molecule has 0 saturated heterocycles. The molecule has 1 aromatic heterocycles. The highest BCUT2D eigenvalue weighted by Gasteiger charge is 2.27. The molecule has 0 spiro atoms. The van der Waals surface area contributed by atoms with Gasteiger partial charge < -0.3 is 19.7 Å². The third kappa shape index (κ3) is 4.33. The van der Waals surface area contributed by atoms with Crippen LogP contribution in [0.2, 0.25) is 0 Å². The number of rotatable bonds is 5. The molecule has 0 unspecified atom stereocenters. The fraction of sp³-hybridized carbons (Fsp3) is 0.300. The van der Waals surface area contributed by atoms with Crippen molar-refractivity contribution in [2.45, 2.75) is 26.8 Å². The van der Waals surface area contributed by atoms with Gasteiger partial charge >= 0.3 is 0 Å². The minimum Gasteiger partial charge on any atom is -0.505 e. The number of carbonyl (C=O) groups excluding carboxylic acids is 1. The largest absolute Gasteiger partial charge is 0.505 e. The Hall–Kier alpha value is -3.27. The summed E-state index contributed by atoms with van der Waals surface area (Å²) in [5, 5.41) is 14.4. The lowest BCUT2D eigenvalue weighted by Crippen LogP contribution is -2.25. The smallest absolute Gasteiger partial charge is 0.258 e. The van der Waals surface area contributed by atoms with E-state index in [0.717, 1.165) is 16.7 Å². The van der Waals surface area contributed by atoms with Crippen molar-refractivity contribution in [1.82, 2.24) is 9.62 Å². The highest BCUT2D eigenvalue weighted by Crippen LogP contribution is 2.31. The van der Waals surface area contributed by atoms with Crippen LogP contribution in [0.5, 0.6) is 5.75 Å². The van der Waals surface area contributed by atoms with Crippen molar-refractivity contribution in [1.29, 1.82) is 0 Å². The number of carbonyl (C=O) groups is 1. The molecule has 2 heterocycles. The predicted molar refractivity (Wildman–Crippen MR) is 114 cm³/mol. The van der Waals surface area contributed by atoms with Crippen LogP contribution in [0.3, 0.4) is 0 Å². The fourth-order valence-corrected chi connectivity index (χ4v) is 3.85. The first-order valence-corrected chi connectivity index (χ1v) is 10.7. The molecule has 10 heteroatoms. The second kappa shape index (κ2) is 7.86. The Kier molecular flexibility index (Phi) is 5.62. The molecule has 3 N–H and O–H groups in total. The van der Waals surface area contributed by atoms with E-state index in [9.17, 15) is 18.3 Å². The second-order valence-corrected chi connectivity index (χ2v) is 8.78. The number of para-hydroxylation sites is 1. The van der Waals surface area contributed by atoms with Gasteiger partial charge in [0.25, 0.3) is 15.9 Å². The molecule has 0 bridgehead atoms. The predicted octanol–water partition coefficient (Wildman–Crippen LogP) is 2.65. The van der Waals surface area contributed by atoms with Crippen LogP contribution in [-0.2, 0) is 10.0 Å². The summed E-state index contributed by atoms with van der Waals surface area (Å²) in [4.78, 5) is 18.0. The molecule has 0 radical (unpaired) electrons. The summed E-state index contributed by atoms with van der Waals surface area (Å²) in [6.07, 6.45) is 0. The third-order valence-electron chi connectivity index (χ3n) is 4.63. The number of aliphatic imine (C=N–C) groups is 1. The Balaban J connectivity index is 1.94. The van der Waals surface area contributed by atoms with Crippen LogP contribution >= 0.6 is 0 Å². The number of benzene rings is 1. The van der Waals surface area contributed by atoms with Crippen LogP contribution in [0.1, 0.15) is 40.4 Å². The normalized spacial score (nSPS) is 17.4. The number of nitrogens with one attached hydrogen (secondary N) is 2. The molecule has 1 aromatic carbocycles. The number of nitrogens with zero attached hydrogens (tertiary/aromatic N) is 2. The average molecular weight is 433 g/mol. The van der Waals surface area contributed by atoms with Crippen LogP contribution < -0.4 is 10.0 Å². The zero-order valence-corrected chi connectivity index (χ0v) is 18.2. The molecule has 1 amide bonds. The maximum atomic E-state index is 12.2. The van der Waals surface area contributed by atoms with E-state index >= 15 is 0 Å². The van der Waals surface area contributed by atoms with E-state index in [-0.39, 0.29) is 34.4 Å². The molecule has 0 saturated carbocycles. The third-order valence-corrected chi connectivity index (χ3v) is 5.65. The van der Waals surface area contributed by atoms with Gasteiger partial charge in [-0.25, -0.2) is 8.42 Å². The quantitative estimate of drug-likeness (QED) is 0.624. The van der Waals surface area contributed by atoms with Gasteiger partial charge in [-0.15, -0.1) is 0 Å².